The first-order chi connectivity index (χ1) is 11.6. The van der Waals surface area contributed by atoms with Crippen molar-refractivity contribution in [2.75, 3.05) is 0 Å². The fourth-order valence-electron chi connectivity index (χ4n) is 2.75. The highest BCUT2D eigenvalue weighted by Gasteiger charge is 2.49. The van der Waals surface area contributed by atoms with E-state index in [9.17, 15) is 23.1 Å². The SMILES string of the molecule is N[C@H]1C[C@@H](n2cnc3c(Cl)nc(Cl)nc32)[C@H](O)[C@@H]1OC(=O)C(F)(F)F. The third kappa shape index (κ3) is 3.24. The van der Waals surface area contributed by atoms with Gasteiger partial charge in [0.25, 0.3) is 0 Å². The Morgan fingerprint density at radius 2 is 2.08 bits per heavy atom. The zero-order chi connectivity index (χ0) is 18.5. The van der Waals surface area contributed by atoms with E-state index in [1.165, 1.54) is 10.9 Å². The van der Waals surface area contributed by atoms with Gasteiger partial charge in [-0.3, -0.25) is 0 Å². The molecule has 3 N–H and O–H groups in total. The third-order valence-electron chi connectivity index (χ3n) is 3.85. The number of hydrogen-bond acceptors (Lipinski definition) is 7. The van der Waals surface area contributed by atoms with Gasteiger partial charge in [-0.25, -0.2) is 14.8 Å². The molecule has 0 spiro atoms. The van der Waals surface area contributed by atoms with Gasteiger partial charge < -0.3 is 20.1 Å². The van der Waals surface area contributed by atoms with Crippen LogP contribution in [0.25, 0.3) is 11.2 Å². The van der Waals surface area contributed by atoms with Gasteiger partial charge in [0.05, 0.1) is 12.4 Å². The number of nitrogens with two attached hydrogens (primary N) is 1. The number of imidazole rings is 1. The zero-order valence-electron chi connectivity index (χ0n) is 12.1. The average molecular weight is 400 g/mol. The monoisotopic (exact) mass is 399 g/mol. The van der Waals surface area contributed by atoms with Gasteiger partial charge in [0, 0.05) is 6.04 Å². The predicted molar refractivity (Wildman–Crippen MR) is 78.9 cm³/mol. The lowest BCUT2D eigenvalue weighted by atomic mass is 10.2. The molecule has 25 heavy (non-hydrogen) atoms. The second-order valence-electron chi connectivity index (χ2n) is 5.43. The van der Waals surface area contributed by atoms with Crippen LogP contribution in [0, 0.1) is 0 Å². The fourth-order valence-corrected chi connectivity index (χ4v) is 3.17. The van der Waals surface area contributed by atoms with E-state index in [1.54, 1.807) is 0 Å². The third-order valence-corrected chi connectivity index (χ3v) is 4.28. The number of carbonyl (C=O) groups is 1. The zero-order valence-corrected chi connectivity index (χ0v) is 13.6. The van der Waals surface area contributed by atoms with Crippen molar-refractivity contribution in [1.29, 1.82) is 0 Å². The minimum atomic E-state index is -5.19. The Labute approximate surface area is 147 Å². The second-order valence-corrected chi connectivity index (χ2v) is 6.13. The van der Waals surface area contributed by atoms with Crippen LogP contribution in [-0.4, -0.2) is 55.0 Å². The van der Waals surface area contributed by atoms with Crippen molar-refractivity contribution < 1.29 is 27.8 Å². The molecule has 0 saturated heterocycles. The van der Waals surface area contributed by atoms with Gasteiger partial charge in [-0.1, -0.05) is 11.6 Å². The molecule has 1 fully saturated rings. The number of carbonyl (C=O) groups excluding carboxylic acids is 1. The summed E-state index contributed by atoms with van der Waals surface area (Å²) < 4.78 is 42.8. The van der Waals surface area contributed by atoms with E-state index in [-0.39, 0.29) is 28.0 Å². The fraction of sp³-hybridized carbons (Fsp3) is 0.500. The summed E-state index contributed by atoms with van der Waals surface area (Å²) in [6.45, 7) is 0. The number of aliphatic hydroxyl groups is 1. The summed E-state index contributed by atoms with van der Waals surface area (Å²) in [5.41, 5.74) is 6.11. The van der Waals surface area contributed by atoms with Crippen LogP contribution in [0.15, 0.2) is 6.33 Å². The highest BCUT2D eigenvalue weighted by atomic mass is 35.5. The Balaban J connectivity index is 1.91. The van der Waals surface area contributed by atoms with Crippen molar-refractivity contribution in [2.24, 2.45) is 5.73 Å². The maximum atomic E-state index is 12.4. The lowest BCUT2D eigenvalue weighted by molar-refractivity contribution is -0.208. The van der Waals surface area contributed by atoms with Gasteiger partial charge in [-0.2, -0.15) is 18.2 Å². The summed E-state index contributed by atoms with van der Waals surface area (Å²) in [5, 5.41) is 10.1. The second kappa shape index (κ2) is 6.24. The van der Waals surface area contributed by atoms with E-state index in [2.05, 4.69) is 19.7 Å². The lowest BCUT2D eigenvalue weighted by Gasteiger charge is -2.22. The van der Waals surface area contributed by atoms with E-state index in [0.717, 1.165) is 0 Å². The molecule has 136 valence electrons. The first-order valence-electron chi connectivity index (χ1n) is 6.86. The number of fused-ring (bicyclic) bond motifs is 1. The Hall–Kier alpha value is -1.69. The molecule has 2 aromatic rings. The van der Waals surface area contributed by atoms with Crippen LogP contribution in [0.1, 0.15) is 12.5 Å². The van der Waals surface area contributed by atoms with Gasteiger partial charge in [0.2, 0.25) is 5.28 Å². The molecule has 0 amide bonds. The van der Waals surface area contributed by atoms with Crippen molar-refractivity contribution >= 4 is 40.3 Å². The number of hydrogen-bond donors (Lipinski definition) is 2. The smallest absolute Gasteiger partial charge is 0.451 e. The Morgan fingerprint density at radius 3 is 2.72 bits per heavy atom. The molecule has 4 atom stereocenters. The number of rotatable bonds is 2. The molecule has 0 unspecified atom stereocenters. The van der Waals surface area contributed by atoms with Crippen LogP contribution < -0.4 is 5.73 Å². The summed E-state index contributed by atoms with van der Waals surface area (Å²) in [6.07, 6.45) is -6.94. The predicted octanol–water partition coefficient (Wildman–Crippen LogP) is 1.24. The summed E-state index contributed by atoms with van der Waals surface area (Å²) in [4.78, 5) is 22.7. The van der Waals surface area contributed by atoms with Crippen LogP contribution in [-0.2, 0) is 9.53 Å². The molecule has 0 aliphatic heterocycles. The maximum absolute atomic E-state index is 12.4. The van der Waals surface area contributed by atoms with Crippen LogP contribution in [0.5, 0.6) is 0 Å². The summed E-state index contributed by atoms with van der Waals surface area (Å²) >= 11 is 11.6. The minimum absolute atomic E-state index is 0.0155. The summed E-state index contributed by atoms with van der Waals surface area (Å²) in [7, 11) is 0. The molecule has 0 radical (unpaired) electrons. The van der Waals surface area contributed by atoms with Crippen molar-refractivity contribution in [3.05, 3.63) is 16.8 Å². The van der Waals surface area contributed by atoms with E-state index >= 15 is 0 Å². The number of aliphatic hydroxyl groups excluding tert-OH is 1. The highest BCUT2D eigenvalue weighted by Crippen LogP contribution is 2.35. The van der Waals surface area contributed by atoms with Crippen LogP contribution in [0.4, 0.5) is 13.2 Å². The number of esters is 1. The molecular formula is C12H10Cl2F3N5O3. The Kier molecular flexibility index (Phi) is 4.52. The lowest BCUT2D eigenvalue weighted by Crippen LogP contribution is -2.43. The van der Waals surface area contributed by atoms with Gasteiger partial charge in [-0.05, 0) is 18.0 Å². The largest absolute Gasteiger partial charge is 0.490 e. The van der Waals surface area contributed by atoms with Crippen LogP contribution in [0.3, 0.4) is 0 Å². The first kappa shape index (κ1) is 18.1. The molecule has 8 nitrogen and oxygen atoms in total. The van der Waals surface area contributed by atoms with Crippen LogP contribution in [0.2, 0.25) is 10.4 Å². The Morgan fingerprint density at radius 1 is 1.40 bits per heavy atom. The first-order valence-corrected chi connectivity index (χ1v) is 7.62. The molecule has 1 saturated carbocycles. The quantitative estimate of drug-likeness (QED) is 0.443. The number of alkyl halides is 3. The molecule has 2 aromatic heterocycles. The van der Waals surface area contributed by atoms with Gasteiger partial charge in [0.15, 0.2) is 10.8 Å². The normalized spacial score (nSPS) is 27.0. The molecular weight excluding hydrogens is 390 g/mol. The standard InChI is InChI=1S/C12H10Cl2F3N5O3/c13-8-5-9(21-11(14)20-8)22(2-19-5)4-1-3(18)7(6(4)23)25-10(24)12(15,16)17/h2-4,6-7,23H,1,18H2/t3-,4+,6-,7+/m0/s1. The number of aromatic nitrogens is 4. The van der Waals surface area contributed by atoms with E-state index < -0.39 is 36.4 Å². The molecule has 1 aliphatic carbocycles. The summed E-state index contributed by atoms with van der Waals surface area (Å²) in [5.74, 6) is -2.42. The van der Waals surface area contributed by atoms with E-state index in [4.69, 9.17) is 28.9 Å². The minimum Gasteiger partial charge on any atom is -0.451 e. The van der Waals surface area contributed by atoms with E-state index in [1.807, 2.05) is 0 Å². The van der Waals surface area contributed by atoms with Crippen molar-refractivity contribution in [3.8, 4) is 0 Å². The van der Waals surface area contributed by atoms with Gasteiger partial charge in [0.1, 0.15) is 17.7 Å². The maximum Gasteiger partial charge on any atom is 0.490 e. The Bertz CT molecular complexity index is 830. The number of nitrogens with zero attached hydrogens (tertiary/aromatic N) is 4. The van der Waals surface area contributed by atoms with Crippen molar-refractivity contribution in [2.45, 2.75) is 36.9 Å². The molecule has 3 rings (SSSR count). The van der Waals surface area contributed by atoms with Crippen molar-refractivity contribution in [1.82, 2.24) is 19.5 Å². The highest BCUT2D eigenvalue weighted by molar-refractivity contribution is 6.35. The number of ether oxygens (including phenoxy) is 1. The van der Waals surface area contributed by atoms with Crippen LogP contribution >= 0.6 is 23.2 Å². The molecule has 2 heterocycles. The molecule has 0 bridgehead atoms. The molecule has 0 aromatic carbocycles. The molecule has 13 heteroatoms. The number of halogens is 5. The van der Waals surface area contributed by atoms with E-state index in [0.29, 0.717) is 0 Å². The average Bonchev–Trinajstić information content (AvgIpc) is 3.02. The van der Waals surface area contributed by atoms with Crippen molar-refractivity contribution in [3.63, 3.8) is 0 Å². The topological polar surface area (TPSA) is 116 Å². The summed E-state index contributed by atoms with van der Waals surface area (Å²) in [6, 6.07) is -1.86. The molecule has 1 aliphatic rings. The van der Waals surface area contributed by atoms with Gasteiger partial charge in [-0.15, -0.1) is 0 Å². The van der Waals surface area contributed by atoms with Gasteiger partial charge >= 0.3 is 12.1 Å².